The van der Waals surface area contributed by atoms with Crippen LogP contribution in [0.2, 0.25) is 0 Å². The van der Waals surface area contributed by atoms with Crippen LogP contribution in [0.3, 0.4) is 0 Å². The molecule has 0 aliphatic carbocycles. The van der Waals surface area contributed by atoms with Crippen molar-refractivity contribution < 1.29 is 9.59 Å². The molecule has 2 N–H and O–H groups in total. The number of likely N-dealkylation sites (N-methyl/N-ethyl adjacent to an activating group) is 1. The Kier molecular flexibility index (Phi) is 16.9. The number of nitrogens with two attached hydrogens (primary N) is 1. The first-order valence-electron chi connectivity index (χ1n) is 11.0. The van der Waals surface area contributed by atoms with E-state index in [2.05, 4.69) is 6.92 Å². The van der Waals surface area contributed by atoms with Crippen LogP contribution in [0.1, 0.15) is 110 Å². The molecule has 1 unspecified atom stereocenters. The fraction of sp³-hybridized carbons (Fsp3) is 0.909. The van der Waals surface area contributed by atoms with Crippen LogP contribution in [-0.2, 0) is 9.59 Å². The first kappa shape index (κ1) is 25.1. The van der Waals surface area contributed by atoms with Gasteiger partial charge in [0.05, 0.1) is 0 Å². The number of carbonyl (C=O) groups excluding carboxylic acids is 2. The highest BCUT2D eigenvalue weighted by Crippen LogP contribution is 2.13. The molecule has 0 aliphatic rings. The molecule has 154 valence electrons. The van der Waals surface area contributed by atoms with Crippen LogP contribution in [0.4, 0.5) is 0 Å². The summed E-state index contributed by atoms with van der Waals surface area (Å²) in [6, 6.07) is -0.975. The van der Waals surface area contributed by atoms with E-state index in [-0.39, 0.29) is 11.7 Å². The molecule has 26 heavy (non-hydrogen) atoms. The third-order valence-electron chi connectivity index (χ3n) is 5.08. The summed E-state index contributed by atoms with van der Waals surface area (Å²) in [5.41, 5.74) is 5.68. The van der Waals surface area contributed by atoms with Gasteiger partial charge in [-0.15, -0.1) is 0 Å². The predicted molar refractivity (Wildman–Crippen MR) is 111 cm³/mol. The van der Waals surface area contributed by atoms with Gasteiger partial charge in [0.2, 0.25) is 5.91 Å². The zero-order valence-corrected chi connectivity index (χ0v) is 17.7. The summed E-state index contributed by atoms with van der Waals surface area (Å²) in [4.78, 5) is 24.9. The van der Waals surface area contributed by atoms with Gasteiger partial charge in [-0.05, 0) is 6.42 Å². The van der Waals surface area contributed by atoms with Crippen molar-refractivity contribution in [3.05, 3.63) is 0 Å². The SMILES string of the molecule is CCCCCCCCCCCCCCCCCC(=O)C(N)C(=O)N(C)C. The maximum atomic E-state index is 11.9. The molecular weight excluding hydrogens is 324 g/mol. The van der Waals surface area contributed by atoms with Crippen molar-refractivity contribution in [2.75, 3.05) is 14.1 Å². The van der Waals surface area contributed by atoms with E-state index in [0.717, 1.165) is 12.8 Å². The van der Waals surface area contributed by atoms with Gasteiger partial charge in [-0.2, -0.15) is 0 Å². The van der Waals surface area contributed by atoms with Crippen molar-refractivity contribution in [3.8, 4) is 0 Å². The molecular formula is C22H44N2O2. The number of unbranched alkanes of at least 4 members (excludes halogenated alkanes) is 14. The molecule has 0 fully saturated rings. The first-order chi connectivity index (χ1) is 12.5. The Labute approximate surface area is 162 Å². The number of hydrogen-bond donors (Lipinski definition) is 1. The number of ketones is 1. The van der Waals surface area contributed by atoms with Crippen molar-refractivity contribution in [2.45, 2.75) is 116 Å². The lowest BCUT2D eigenvalue weighted by atomic mass is 10.0. The maximum absolute atomic E-state index is 11.9. The van der Waals surface area contributed by atoms with Gasteiger partial charge in [0.15, 0.2) is 5.78 Å². The van der Waals surface area contributed by atoms with E-state index in [0.29, 0.717) is 6.42 Å². The van der Waals surface area contributed by atoms with E-state index in [1.807, 2.05) is 0 Å². The highest BCUT2D eigenvalue weighted by molar-refractivity contribution is 6.04. The fourth-order valence-electron chi connectivity index (χ4n) is 3.24. The van der Waals surface area contributed by atoms with Gasteiger partial charge in [0.1, 0.15) is 6.04 Å². The molecule has 0 saturated carbocycles. The Hall–Kier alpha value is -0.900. The summed E-state index contributed by atoms with van der Waals surface area (Å²) in [6.45, 7) is 2.27. The second-order valence-corrected chi connectivity index (χ2v) is 7.88. The minimum atomic E-state index is -0.975. The number of rotatable bonds is 18. The van der Waals surface area contributed by atoms with Crippen molar-refractivity contribution in [3.63, 3.8) is 0 Å². The number of amides is 1. The van der Waals surface area contributed by atoms with E-state index in [9.17, 15) is 9.59 Å². The normalized spacial score (nSPS) is 12.2. The molecule has 4 heteroatoms. The lowest BCUT2D eigenvalue weighted by Crippen LogP contribution is -2.45. The van der Waals surface area contributed by atoms with E-state index < -0.39 is 6.04 Å². The zero-order chi connectivity index (χ0) is 19.6. The monoisotopic (exact) mass is 368 g/mol. The predicted octanol–water partition coefficient (Wildman–Crippen LogP) is 5.23. The molecule has 0 aliphatic heterocycles. The topological polar surface area (TPSA) is 63.4 Å². The Morgan fingerprint density at radius 1 is 0.692 bits per heavy atom. The van der Waals surface area contributed by atoms with Crippen LogP contribution in [0.5, 0.6) is 0 Å². The minimum absolute atomic E-state index is 0.126. The van der Waals surface area contributed by atoms with Crippen LogP contribution in [0.25, 0.3) is 0 Å². The summed E-state index contributed by atoms with van der Waals surface area (Å²) in [7, 11) is 3.26. The first-order valence-corrected chi connectivity index (χ1v) is 11.0. The molecule has 0 saturated heterocycles. The molecule has 1 amide bonds. The molecule has 1 atom stereocenters. The van der Waals surface area contributed by atoms with Crippen LogP contribution in [-0.4, -0.2) is 36.7 Å². The molecule has 0 rings (SSSR count). The molecule has 0 aromatic heterocycles. The Balaban J connectivity index is 3.31. The van der Waals surface area contributed by atoms with Gasteiger partial charge < -0.3 is 10.6 Å². The standard InChI is InChI=1S/C22H44N2O2/c1-4-5-6-7-8-9-10-11-12-13-14-15-16-17-18-19-20(25)21(23)22(26)24(2)3/h21H,4-19,23H2,1-3H3. The molecule has 0 aromatic carbocycles. The minimum Gasteiger partial charge on any atom is -0.347 e. The second kappa shape index (κ2) is 17.5. The molecule has 0 bridgehead atoms. The summed E-state index contributed by atoms with van der Waals surface area (Å²) in [6.07, 6.45) is 20.0. The van der Waals surface area contributed by atoms with E-state index in [1.54, 1.807) is 14.1 Å². The molecule has 0 heterocycles. The fourth-order valence-corrected chi connectivity index (χ4v) is 3.24. The Bertz CT molecular complexity index is 356. The van der Waals surface area contributed by atoms with E-state index in [1.165, 1.54) is 88.4 Å². The van der Waals surface area contributed by atoms with Gasteiger partial charge in [-0.1, -0.05) is 96.8 Å². The highest BCUT2D eigenvalue weighted by Gasteiger charge is 2.22. The smallest absolute Gasteiger partial charge is 0.246 e. The largest absolute Gasteiger partial charge is 0.347 e. The molecule has 0 radical (unpaired) electrons. The number of hydrogen-bond acceptors (Lipinski definition) is 3. The van der Waals surface area contributed by atoms with Crippen molar-refractivity contribution in [1.82, 2.24) is 4.90 Å². The summed E-state index contributed by atoms with van der Waals surface area (Å²) >= 11 is 0. The van der Waals surface area contributed by atoms with Gasteiger partial charge >= 0.3 is 0 Å². The molecule has 0 aromatic rings. The summed E-state index contributed by atoms with van der Waals surface area (Å²) in [5.74, 6) is -0.422. The second-order valence-electron chi connectivity index (χ2n) is 7.88. The molecule has 4 nitrogen and oxygen atoms in total. The van der Waals surface area contributed by atoms with Gasteiger partial charge in [-0.3, -0.25) is 9.59 Å². The third kappa shape index (κ3) is 14.3. The summed E-state index contributed by atoms with van der Waals surface area (Å²) in [5, 5.41) is 0. The van der Waals surface area contributed by atoms with Crippen LogP contribution in [0.15, 0.2) is 0 Å². The van der Waals surface area contributed by atoms with Crippen molar-refractivity contribution in [1.29, 1.82) is 0 Å². The van der Waals surface area contributed by atoms with Crippen molar-refractivity contribution in [2.24, 2.45) is 5.73 Å². The van der Waals surface area contributed by atoms with Gasteiger partial charge in [0.25, 0.3) is 0 Å². The number of nitrogens with zero attached hydrogens (tertiary/aromatic N) is 1. The summed E-state index contributed by atoms with van der Waals surface area (Å²) < 4.78 is 0. The lowest BCUT2D eigenvalue weighted by Gasteiger charge is -2.15. The van der Waals surface area contributed by atoms with Gasteiger partial charge in [-0.25, -0.2) is 0 Å². The highest BCUT2D eigenvalue weighted by atomic mass is 16.2. The van der Waals surface area contributed by atoms with Crippen LogP contribution >= 0.6 is 0 Å². The van der Waals surface area contributed by atoms with E-state index >= 15 is 0 Å². The Morgan fingerprint density at radius 2 is 1.04 bits per heavy atom. The number of carbonyl (C=O) groups is 2. The Morgan fingerprint density at radius 3 is 1.38 bits per heavy atom. The average Bonchev–Trinajstić information content (AvgIpc) is 2.63. The maximum Gasteiger partial charge on any atom is 0.246 e. The van der Waals surface area contributed by atoms with Crippen molar-refractivity contribution >= 4 is 11.7 Å². The van der Waals surface area contributed by atoms with Gasteiger partial charge in [0, 0.05) is 20.5 Å². The third-order valence-corrected chi connectivity index (χ3v) is 5.08. The quantitative estimate of drug-likeness (QED) is 0.266. The zero-order valence-electron chi connectivity index (χ0n) is 17.7. The molecule has 0 spiro atoms. The number of Topliss-reactive ketones (excluding diaryl/α,β-unsaturated/α-hetero) is 1. The lowest BCUT2D eigenvalue weighted by molar-refractivity contribution is -0.135. The van der Waals surface area contributed by atoms with Crippen LogP contribution in [0, 0.1) is 0 Å². The average molecular weight is 369 g/mol. The van der Waals surface area contributed by atoms with Crippen LogP contribution < -0.4 is 5.73 Å². The van der Waals surface area contributed by atoms with E-state index in [4.69, 9.17) is 5.73 Å².